The first-order valence-electron chi connectivity index (χ1n) is 9.04. The molecule has 3 aromatic rings. The third kappa shape index (κ3) is 3.25. The zero-order valence-electron chi connectivity index (χ0n) is 15.0. The number of hydrogen-bond acceptors (Lipinski definition) is 4. The molecule has 0 spiro atoms. The zero-order valence-corrected chi connectivity index (χ0v) is 15.0. The lowest BCUT2D eigenvalue weighted by molar-refractivity contribution is 0.0921. The summed E-state index contributed by atoms with van der Waals surface area (Å²) in [5.74, 6) is -0.144. The lowest BCUT2D eigenvalue weighted by Gasteiger charge is -2.17. The summed E-state index contributed by atoms with van der Waals surface area (Å²) in [6.07, 6.45) is 3.71. The summed E-state index contributed by atoms with van der Waals surface area (Å²) >= 11 is 0. The predicted molar refractivity (Wildman–Crippen MR) is 100 cm³/mol. The second-order valence-corrected chi connectivity index (χ2v) is 6.84. The van der Waals surface area contributed by atoms with Gasteiger partial charge in [0.15, 0.2) is 12.4 Å². The minimum Gasteiger partial charge on any atom is -0.485 e. The van der Waals surface area contributed by atoms with Gasteiger partial charge in [-0.1, -0.05) is 0 Å². The van der Waals surface area contributed by atoms with Crippen LogP contribution in [0.15, 0.2) is 45.6 Å². The summed E-state index contributed by atoms with van der Waals surface area (Å²) in [6.45, 7) is 1.64. The Kier molecular flexibility index (Phi) is 4.52. The largest absolute Gasteiger partial charge is 0.485 e. The summed E-state index contributed by atoms with van der Waals surface area (Å²) in [4.78, 5) is 24.6. The van der Waals surface area contributed by atoms with Crippen LogP contribution < -0.4 is 10.4 Å². The van der Waals surface area contributed by atoms with E-state index in [0.29, 0.717) is 22.5 Å². The molecule has 5 heteroatoms. The average Bonchev–Trinajstić information content (AvgIpc) is 2.68. The van der Waals surface area contributed by atoms with Crippen molar-refractivity contribution in [2.75, 3.05) is 6.61 Å². The molecule has 0 saturated heterocycles. The van der Waals surface area contributed by atoms with E-state index in [4.69, 9.17) is 9.15 Å². The number of halogens is 1. The van der Waals surface area contributed by atoms with Crippen molar-refractivity contribution in [3.63, 3.8) is 0 Å². The first-order valence-corrected chi connectivity index (χ1v) is 9.04. The molecule has 0 unspecified atom stereocenters. The molecule has 1 heterocycles. The molecule has 1 aliphatic rings. The van der Waals surface area contributed by atoms with Crippen LogP contribution in [0.3, 0.4) is 0 Å². The predicted octanol–water partition coefficient (Wildman–Crippen LogP) is 4.38. The molecule has 0 amide bonds. The first-order chi connectivity index (χ1) is 13.0. The molecule has 4 rings (SSSR count). The fraction of sp³-hybridized carbons (Fsp3) is 0.273. The molecule has 4 nitrogen and oxygen atoms in total. The van der Waals surface area contributed by atoms with Crippen molar-refractivity contribution < 1.29 is 18.3 Å². The van der Waals surface area contributed by atoms with E-state index in [1.165, 1.54) is 24.3 Å². The van der Waals surface area contributed by atoms with Gasteiger partial charge >= 0.3 is 5.63 Å². The topological polar surface area (TPSA) is 56.5 Å². The van der Waals surface area contributed by atoms with Crippen LogP contribution in [0.5, 0.6) is 5.75 Å². The first kappa shape index (κ1) is 17.5. The van der Waals surface area contributed by atoms with Crippen molar-refractivity contribution in [2.24, 2.45) is 0 Å². The smallest absolute Gasteiger partial charge is 0.339 e. The maximum atomic E-state index is 13.0. The molecular formula is C22H19FO4. The van der Waals surface area contributed by atoms with Crippen LogP contribution in [0.4, 0.5) is 4.39 Å². The molecule has 0 atom stereocenters. The lowest BCUT2D eigenvalue weighted by atomic mass is 9.90. The second kappa shape index (κ2) is 6.99. The Balaban J connectivity index is 1.63. The maximum absolute atomic E-state index is 13.0. The monoisotopic (exact) mass is 366 g/mol. The van der Waals surface area contributed by atoms with Gasteiger partial charge in [0, 0.05) is 22.1 Å². The number of fused-ring (bicyclic) bond motifs is 3. The Bertz CT molecular complexity index is 1080. The third-order valence-electron chi connectivity index (χ3n) is 5.12. The summed E-state index contributed by atoms with van der Waals surface area (Å²) in [5, 5.41) is 0.944. The molecule has 1 aliphatic carbocycles. The molecule has 0 aliphatic heterocycles. The number of ketones is 1. The molecule has 138 valence electrons. The normalized spacial score (nSPS) is 13.4. The van der Waals surface area contributed by atoms with Gasteiger partial charge in [0.25, 0.3) is 0 Å². The van der Waals surface area contributed by atoms with Crippen LogP contribution in [0.25, 0.3) is 11.0 Å². The van der Waals surface area contributed by atoms with Gasteiger partial charge in [-0.2, -0.15) is 0 Å². The van der Waals surface area contributed by atoms with Crippen molar-refractivity contribution in [3.8, 4) is 5.75 Å². The molecule has 0 saturated carbocycles. The molecular weight excluding hydrogens is 347 g/mol. The molecule has 0 radical (unpaired) electrons. The molecule has 1 aromatic heterocycles. The van der Waals surface area contributed by atoms with Crippen molar-refractivity contribution in [2.45, 2.75) is 32.6 Å². The van der Waals surface area contributed by atoms with E-state index >= 15 is 0 Å². The van der Waals surface area contributed by atoms with Gasteiger partial charge in [-0.15, -0.1) is 0 Å². The Morgan fingerprint density at radius 1 is 1.07 bits per heavy atom. The van der Waals surface area contributed by atoms with Gasteiger partial charge in [-0.05, 0) is 74.6 Å². The number of benzene rings is 2. The van der Waals surface area contributed by atoms with Crippen LogP contribution in [0.2, 0.25) is 0 Å². The number of carbonyl (C=O) groups is 1. The summed E-state index contributed by atoms with van der Waals surface area (Å²) < 4.78 is 24.2. The summed E-state index contributed by atoms with van der Waals surface area (Å²) in [7, 11) is 0. The molecule has 27 heavy (non-hydrogen) atoms. The van der Waals surface area contributed by atoms with Gasteiger partial charge in [0.1, 0.15) is 17.1 Å². The van der Waals surface area contributed by atoms with Gasteiger partial charge in [0.05, 0.1) is 0 Å². The van der Waals surface area contributed by atoms with Crippen LogP contribution in [-0.4, -0.2) is 12.4 Å². The molecule has 0 bridgehead atoms. The van der Waals surface area contributed by atoms with E-state index in [-0.39, 0.29) is 18.0 Å². The Labute approximate surface area is 155 Å². The fourth-order valence-electron chi connectivity index (χ4n) is 3.64. The fourth-order valence-corrected chi connectivity index (χ4v) is 3.64. The number of rotatable bonds is 4. The highest BCUT2D eigenvalue weighted by atomic mass is 19.1. The van der Waals surface area contributed by atoms with Crippen molar-refractivity contribution in [1.82, 2.24) is 0 Å². The van der Waals surface area contributed by atoms with E-state index in [1.54, 1.807) is 0 Å². The van der Waals surface area contributed by atoms with Gasteiger partial charge in [-0.3, -0.25) is 4.79 Å². The Morgan fingerprint density at radius 3 is 2.52 bits per heavy atom. The molecule has 2 aromatic carbocycles. The molecule has 0 fully saturated rings. The van der Waals surface area contributed by atoms with Gasteiger partial charge in [0.2, 0.25) is 0 Å². The number of aryl methyl sites for hydroxylation is 2. The number of ether oxygens (including phenoxy) is 1. The number of Topliss-reactive ketones (excluding diaryl/α,β-unsaturated/α-hetero) is 1. The van der Waals surface area contributed by atoms with E-state index in [9.17, 15) is 14.0 Å². The van der Waals surface area contributed by atoms with Crippen molar-refractivity contribution >= 4 is 16.8 Å². The third-order valence-corrected chi connectivity index (χ3v) is 5.12. The Morgan fingerprint density at radius 2 is 1.78 bits per heavy atom. The number of carbonyl (C=O) groups excluding carboxylic acids is 1. The highest BCUT2D eigenvalue weighted by Gasteiger charge is 2.20. The van der Waals surface area contributed by atoms with E-state index in [1.807, 2.05) is 19.1 Å². The quantitative estimate of drug-likeness (QED) is 0.508. The minimum atomic E-state index is -0.392. The Hall–Kier alpha value is -2.95. The summed E-state index contributed by atoms with van der Waals surface area (Å²) in [5.41, 5.74) is 3.19. The highest BCUT2D eigenvalue weighted by Crippen LogP contribution is 2.32. The molecule has 0 N–H and O–H groups in total. The van der Waals surface area contributed by atoms with Crippen molar-refractivity contribution in [1.29, 1.82) is 0 Å². The maximum Gasteiger partial charge on any atom is 0.339 e. The standard InChI is InChI=1S/C22H19FO4/c1-13-20(26-12-19(24)14-6-8-15(23)9-7-14)11-10-17-16-4-2-3-5-18(16)22(25)27-21(13)17/h6-11H,2-5,12H2,1H3. The lowest BCUT2D eigenvalue weighted by Crippen LogP contribution is -2.16. The number of hydrogen-bond donors (Lipinski definition) is 0. The summed E-state index contributed by atoms with van der Waals surface area (Å²) in [6, 6.07) is 9.05. The van der Waals surface area contributed by atoms with Crippen LogP contribution in [0.1, 0.15) is 39.9 Å². The zero-order chi connectivity index (χ0) is 19.0. The van der Waals surface area contributed by atoms with E-state index < -0.39 is 5.82 Å². The highest BCUT2D eigenvalue weighted by molar-refractivity contribution is 5.97. The van der Waals surface area contributed by atoms with Gasteiger partial charge < -0.3 is 9.15 Å². The minimum absolute atomic E-state index is 0.173. The van der Waals surface area contributed by atoms with Gasteiger partial charge in [-0.25, -0.2) is 9.18 Å². The van der Waals surface area contributed by atoms with Crippen LogP contribution in [-0.2, 0) is 12.8 Å². The van der Waals surface area contributed by atoms with Crippen LogP contribution in [0, 0.1) is 12.7 Å². The second-order valence-electron chi connectivity index (χ2n) is 6.84. The van der Waals surface area contributed by atoms with E-state index in [2.05, 4.69) is 0 Å². The van der Waals surface area contributed by atoms with Crippen LogP contribution >= 0.6 is 0 Å². The SMILES string of the molecule is Cc1c(OCC(=O)c2ccc(F)cc2)ccc2c3c(c(=O)oc12)CCCC3. The van der Waals surface area contributed by atoms with E-state index in [0.717, 1.165) is 42.2 Å². The average molecular weight is 366 g/mol. The van der Waals surface area contributed by atoms with Crippen molar-refractivity contribution in [3.05, 3.63) is 74.9 Å².